The van der Waals surface area contributed by atoms with Crippen LogP contribution in [0.5, 0.6) is 0 Å². The first-order chi connectivity index (χ1) is 14.5. The minimum absolute atomic E-state index is 0.293. The molecule has 0 bridgehead atoms. The Morgan fingerprint density at radius 3 is 2.80 bits per heavy atom. The topological polar surface area (TPSA) is 67.7 Å². The van der Waals surface area contributed by atoms with E-state index in [1.165, 1.54) is 12.1 Å². The molecule has 1 unspecified atom stereocenters. The Labute approximate surface area is 180 Å². The molecule has 0 aliphatic carbocycles. The van der Waals surface area contributed by atoms with Crippen LogP contribution in [0.3, 0.4) is 0 Å². The summed E-state index contributed by atoms with van der Waals surface area (Å²) in [6.07, 6.45) is 1.85. The molecule has 30 heavy (non-hydrogen) atoms. The van der Waals surface area contributed by atoms with Crippen molar-refractivity contribution in [3.63, 3.8) is 0 Å². The summed E-state index contributed by atoms with van der Waals surface area (Å²) in [6.45, 7) is 2.38. The molecule has 0 radical (unpaired) electrons. The van der Waals surface area contributed by atoms with E-state index in [1.807, 2.05) is 43.5 Å². The minimum Gasteiger partial charge on any atom is -0.379 e. The summed E-state index contributed by atoms with van der Waals surface area (Å²) >= 11 is 6.00. The highest BCUT2D eigenvalue weighted by molar-refractivity contribution is 7.28. The highest BCUT2D eigenvalue weighted by Gasteiger charge is 2.06. The summed E-state index contributed by atoms with van der Waals surface area (Å²) in [4.78, 5) is 4.15. The summed E-state index contributed by atoms with van der Waals surface area (Å²) in [6, 6.07) is 15.9. The summed E-state index contributed by atoms with van der Waals surface area (Å²) in [5.41, 5.74) is 4.83. The molecule has 2 aromatic carbocycles. The van der Waals surface area contributed by atoms with Gasteiger partial charge in [-0.2, -0.15) is 0 Å². The Morgan fingerprint density at radius 1 is 1.10 bits per heavy atom. The Kier molecular flexibility index (Phi) is 5.93. The quantitative estimate of drug-likeness (QED) is 0.338. The number of nitrogens with one attached hydrogen (secondary N) is 2. The molecule has 2 aromatic heterocycles. The third-order valence-electron chi connectivity index (χ3n) is 4.34. The van der Waals surface area contributed by atoms with Crippen molar-refractivity contribution in [3.8, 4) is 5.69 Å². The minimum atomic E-state index is -0.293. The van der Waals surface area contributed by atoms with Crippen LogP contribution in [-0.2, 0) is 6.54 Å². The lowest BCUT2D eigenvalue weighted by Gasteiger charge is -2.11. The lowest BCUT2D eigenvalue weighted by atomic mass is 10.2. The number of aromatic nitrogens is 4. The number of benzene rings is 2. The highest BCUT2D eigenvalue weighted by Crippen LogP contribution is 2.21. The lowest BCUT2D eigenvalue weighted by Crippen LogP contribution is -2.03. The van der Waals surface area contributed by atoms with E-state index in [1.54, 1.807) is 16.8 Å². The fourth-order valence-corrected chi connectivity index (χ4v) is 3.45. The van der Waals surface area contributed by atoms with E-state index < -0.39 is 0 Å². The van der Waals surface area contributed by atoms with Crippen LogP contribution in [-0.4, -0.2) is 20.0 Å². The summed E-state index contributed by atoms with van der Waals surface area (Å²) in [7, 11) is 2.59. The Bertz CT molecular complexity index is 1180. The first-order valence-electron chi connectivity index (χ1n) is 9.18. The van der Waals surface area contributed by atoms with Gasteiger partial charge in [0.25, 0.3) is 0 Å². The van der Waals surface area contributed by atoms with Crippen molar-refractivity contribution in [1.29, 1.82) is 0 Å². The molecule has 0 aliphatic heterocycles. The van der Waals surface area contributed by atoms with Gasteiger partial charge in [0.1, 0.15) is 16.7 Å². The maximum Gasteiger partial charge on any atom is 0.131 e. The van der Waals surface area contributed by atoms with E-state index in [-0.39, 0.29) is 5.82 Å². The third kappa shape index (κ3) is 4.93. The van der Waals surface area contributed by atoms with Crippen LogP contribution in [0.15, 0.2) is 60.8 Å². The van der Waals surface area contributed by atoms with E-state index in [4.69, 9.17) is 11.6 Å². The van der Waals surface area contributed by atoms with Crippen molar-refractivity contribution in [2.45, 2.75) is 13.5 Å². The zero-order valence-corrected chi connectivity index (χ0v) is 18.0. The second-order valence-electron chi connectivity index (χ2n) is 6.73. The fraction of sp³-hybridized carbons (Fsp3) is 0.0952. The van der Waals surface area contributed by atoms with E-state index in [2.05, 4.69) is 35.2 Å². The fourth-order valence-electron chi connectivity index (χ4n) is 2.95. The van der Waals surface area contributed by atoms with Crippen LogP contribution in [0.2, 0.25) is 5.15 Å². The van der Waals surface area contributed by atoms with E-state index in [9.17, 15) is 4.39 Å². The SMILES string of the molecule is Cc1cc(NCc2cn(-c3cccc(Nc4cc(F)ccc4P)c3)nn2)cc(Cl)n1. The normalized spacial score (nSPS) is 10.8. The van der Waals surface area contributed by atoms with Crippen molar-refractivity contribution >= 4 is 43.2 Å². The smallest absolute Gasteiger partial charge is 0.131 e. The Morgan fingerprint density at radius 2 is 1.97 bits per heavy atom. The number of anilines is 3. The molecule has 9 heteroatoms. The molecule has 0 spiro atoms. The van der Waals surface area contributed by atoms with Crippen LogP contribution in [0.4, 0.5) is 21.5 Å². The molecule has 6 nitrogen and oxygen atoms in total. The van der Waals surface area contributed by atoms with Gasteiger partial charge >= 0.3 is 0 Å². The molecule has 0 saturated carbocycles. The second-order valence-corrected chi connectivity index (χ2v) is 7.74. The van der Waals surface area contributed by atoms with Gasteiger partial charge in [0.2, 0.25) is 0 Å². The van der Waals surface area contributed by atoms with E-state index >= 15 is 0 Å². The van der Waals surface area contributed by atoms with Gasteiger partial charge in [-0.05, 0) is 54.7 Å². The lowest BCUT2D eigenvalue weighted by molar-refractivity contribution is 0.629. The second kappa shape index (κ2) is 8.78. The first kappa shape index (κ1) is 20.3. The summed E-state index contributed by atoms with van der Waals surface area (Å²) < 4.78 is 15.2. The standard InChI is InChI=1S/C21H19ClFN6P/c1-13-7-16(10-21(22)25-13)24-11-17-12-29(28-27-17)18-4-2-3-15(9-18)26-19-8-14(23)5-6-20(19)30/h2-10,12,26H,11,30H2,1H3,(H,24,25). The molecule has 0 amide bonds. The van der Waals surface area contributed by atoms with Crippen LogP contribution >= 0.6 is 20.8 Å². The van der Waals surface area contributed by atoms with E-state index in [0.29, 0.717) is 17.4 Å². The van der Waals surface area contributed by atoms with Gasteiger partial charge in [-0.25, -0.2) is 14.1 Å². The molecule has 152 valence electrons. The average molecular weight is 441 g/mol. The maximum atomic E-state index is 13.5. The molecular weight excluding hydrogens is 422 g/mol. The van der Waals surface area contributed by atoms with Crippen molar-refractivity contribution in [1.82, 2.24) is 20.0 Å². The van der Waals surface area contributed by atoms with Crippen LogP contribution in [0, 0.1) is 12.7 Å². The largest absolute Gasteiger partial charge is 0.379 e. The predicted molar refractivity (Wildman–Crippen MR) is 122 cm³/mol. The Hall–Kier alpha value is -3.02. The van der Waals surface area contributed by atoms with Crippen molar-refractivity contribution in [2.75, 3.05) is 10.6 Å². The summed E-state index contributed by atoms with van der Waals surface area (Å²) in [5.74, 6) is -0.293. The van der Waals surface area contributed by atoms with Gasteiger partial charge < -0.3 is 10.6 Å². The van der Waals surface area contributed by atoms with Crippen molar-refractivity contribution in [3.05, 3.63) is 83.2 Å². The third-order valence-corrected chi connectivity index (χ3v) is 5.04. The van der Waals surface area contributed by atoms with Gasteiger partial charge in [0.05, 0.1) is 18.4 Å². The zero-order chi connectivity index (χ0) is 21.1. The predicted octanol–water partition coefficient (Wildman–Crippen LogP) is 4.62. The zero-order valence-electron chi connectivity index (χ0n) is 16.1. The number of rotatable bonds is 6. The molecule has 2 N–H and O–H groups in total. The number of hydrogen-bond donors (Lipinski definition) is 2. The number of halogens is 2. The number of pyridine rings is 1. The molecule has 0 fully saturated rings. The van der Waals surface area contributed by atoms with Gasteiger partial charge in [-0.3, -0.25) is 0 Å². The first-order valence-corrected chi connectivity index (χ1v) is 10.1. The Balaban J connectivity index is 1.48. The number of nitrogens with zero attached hydrogens (tertiary/aromatic N) is 4. The molecular formula is C21H19ClFN6P. The molecule has 1 atom stereocenters. The van der Waals surface area contributed by atoms with Crippen molar-refractivity contribution in [2.24, 2.45) is 0 Å². The van der Waals surface area contributed by atoms with Crippen LogP contribution in [0.25, 0.3) is 5.69 Å². The van der Waals surface area contributed by atoms with Gasteiger partial charge in [0.15, 0.2) is 0 Å². The monoisotopic (exact) mass is 440 g/mol. The van der Waals surface area contributed by atoms with Gasteiger partial charge in [-0.15, -0.1) is 14.3 Å². The maximum absolute atomic E-state index is 13.5. The molecule has 0 aliphatic rings. The average Bonchev–Trinajstić information content (AvgIpc) is 3.18. The molecule has 4 aromatic rings. The highest BCUT2D eigenvalue weighted by atomic mass is 35.5. The van der Waals surface area contributed by atoms with Gasteiger partial charge in [0, 0.05) is 22.8 Å². The van der Waals surface area contributed by atoms with Crippen LogP contribution < -0.4 is 15.9 Å². The molecule has 2 heterocycles. The van der Waals surface area contributed by atoms with Crippen molar-refractivity contribution < 1.29 is 4.39 Å². The summed E-state index contributed by atoms with van der Waals surface area (Å²) in [5, 5.41) is 16.3. The number of hydrogen-bond acceptors (Lipinski definition) is 5. The van der Waals surface area contributed by atoms with E-state index in [0.717, 1.165) is 33.8 Å². The number of aryl methyl sites for hydroxylation is 1. The molecule has 4 rings (SSSR count). The molecule has 0 saturated heterocycles. The van der Waals surface area contributed by atoms with Gasteiger partial charge in [-0.1, -0.05) is 28.9 Å². The van der Waals surface area contributed by atoms with Crippen LogP contribution in [0.1, 0.15) is 11.4 Å².